The molecule has 1 unspecified atom stereocenters. The molecular weight excluding hydrogens is 384 g/mol. The molecule has 0 radical (unpaired) electrons. The predicted molar refractivity (Wildman–Crippen MR) is 112 cm³/mol. The number of anilines is 2. The van der Waals surface area contributed by atoms with Gasteiger partial charge in [-0.15, -0.1) is 0 Å². The van der Waals surface area contributed by atoms with Crippen LogP contribution in [0, 0.1) is 20.8 Å². The van der Waals surface area contributed by atoms with Gasteiger partial charge in [0, 0.05) is 10.7 Å². The standard InChI is InChI=1S/C20H25ClN2O3S/c1-6-18(20(24)22-17-10-9-16(21)12-15(17)4)23(27(5,25)26)19-11-13(2)7-8-14(19)3/h7-12,18H,6H2,1-5H3,(H,22,24). The van der Waals surface area contributed by atoms with E-state index in [1.54, 1.807) is 31.2 Å². The first-order chi connectivity index (χ1) is 12.5. The molecule has 0 saturated heterocycles. The van der Waals surface area contributed by atoms with E-state index in [0.717, 1.165) is 22.9 Å². The minimum Gasteiger partial charge on any atom is -0.324 e. The van der Waals surface area contributed by atoms with E-state index in [-0.39, 0.29) is 5.91 Å². The van der Waals surface area contributed by atoms with E-state index in [0.29, 0.717) is 22.8 Å². The van der Waals surface area contributed by atoms with Crippen molar-refractivity contribution in [3.05, 3.63) is 58.1 Å². The van der Waals surface area contributed by atoms with E-state index in [1.807, 2.05) is 32.9 Å². The van der Waals surface area contributed by atoms with Crippen molar-refractivity contribution in [2.45, 2.75) is 40.2 Å². The Morgan fingerprint density at radius 3 is 2.33 bits per heavy atom. The van der Waals surface area contributed by atoms with Crippen LogP contribution < -0.4 is 9.62 Å². The first kappa shape index (κ1) is 21.3. The van der Waals surface area contributed by atoms with Crippen molar-refractivity contribution >= 4 is 38.9 Å². The van der Waals surface area contributed by atoms with Gasteiger partial charge in [0.15, 0.2) is 0 Å². The number of hydrogen-bond donors (Lipinski definition) is 1. The predicted octanol–water partition coefficient (Wildman–Crippen LogP) is 4.45. The summed E-state index contributed by atoms with van der Waals surface area (Å²) in [5.74, 6) is -0.380. The molecule has 1 amide bonds. The van der Waals surface area contributed by atoms with E-state index in [2.05, 4.69) is 5.32 Å². The summed E-state index contributed by atoms with van der Waals surface area (Å²) in [6.07, 6.45) is 1.46. The summed E-state index contributed by atoms with van der Waals surface area (Å²) >= 11 is 5.97. The van der Waals surface area contributed by atoms with Gasteiger partial charge in [-0.25, -0.2) is 8.42 Å². The van der Waals surface area contributed by atoms with Gasteiger partial charge in [-0.3, -0.25) is 9.10 Å². The van der Waals surface area contributed by atoms with Gasteiger partial charge in [0.05, 0.1) is 11.9 Å². The quantitative estimate of drug-likeness (QED) is 0.767. The summed E-state index contributed by atoms with van der Waals surface area (Å²) in [6.45, 7) is 7.35. The van der Waals surface area contributed by atoms with Gasteiger partial charge in [0.1, 0.15) is 6.04 Å². The molecular formula is C20H25ClN2O3S. The topological polar surface area (TPSA) is 66.5 Å². The molecule has 0 aliphatic carbocycles. The number of aryl methyl sites for hydroxylation is 3. The smallest absolute Gasteiger partial charge is 0.248 e. The summed E-state index contributed by atoms with van der Waals surface area (Å²) in [4.78, 5) is 13.0. The molecule has 2 aromatic rings. The molecule has 0 aliphatic rings. The number of halogens is 1. The number of carbonyl (C=O) groups excluding carboxylic acids is 1. The molecule has 0 spiro atoms. The fraction of sp³-hybridized carbons (Fsp3) is 0.350. The second kappa shape index (κ2) is 8.31. The molecule has 0 aliphatic heterocycles. The maximum Gasteiger partial charge on any atom is 0.248 e. The Bertz CT molecular complexity index is 958. The zero-order valence-corrected chi connectivity index (χ0v) is 17.8. The Kier molecular flexibility index (Phi) is 6.54. The first-order valence-electron chi connectivity index (χ1n) is 8.68. The highest BCUT2D eigenvalue weighted by Gasteiger charge is 2.32. The van der Waals surface area contributed by atoms with Gasteiger partial charge in [0.25, 0.3) is 0 Å². The molecule has 2 aromatic carbocycles. The molecule has 0 bridgehead atoms. The van der Waals surface area contributed by atoms with Gasteiger partial charge in [-0.2, -0.15) is 0 Å². The minimum atomic E-state index is -3.67. The molecule has 146 valence electrons. The maximum absolute atomic E-state index is 13.0. The fourth-order valence-electron chi connectivity index (χ4n) is 2.98. The Balaban J connectivity index is 2.46. The summed E-state index contributed by atoms with van der Waals surface area (Å²) in [5, 5.41) is 3.42. The second-order valence-electron chi connectivity index (χ2n) is 6.72. The van der Waals surface area contributed by atoms with Crippen molar-refractivity contribution in [3.63, 3.8) is 0 Å². The second-order valence-corrected chi connectivity index (χ2v) is 9.02. The van der Waals surface area contributed by atoms with Crippen molar-refractivity contribution in [1.29, 1.82) is 0 Å². The minimum absolute atomic E-state index is 0.332. The van der Waals surface area contributed by atoms with Crippen LogP contribution in [-0.2, 0) is 14.8 Å². The van der Waals surface area contributed by atoms with Crippen molar-refractivity contribution in [2.75, 3.05) is 15.9 Å². The van der Waals surface area contributed by atoms with Crippen LogP contribution in [0.1, 0.15) is 30.0 Å². The molecule has 1 N–H and O–H groups in total. The first-order valence-corrected chi connectivity index (χ1v) is 10.9. The summed E-state index contributed by atoms with van der Waals surface area (Å²) in [6, 6.07) is 9.84. The number of sulfonamides is 1. The van der Waals surface area contributed by atoms with E-state index in [4.69, 9.17) is 11.6 Å². The number of carbonyl (C=O) groups is 1. The van der Waals surface area contributed by atoms with Crippen molar-refractivity contribution < 1.29 is 13.2 Å². The van der Waals surface area contributed by atoms with Crippen LogP contribution in [0.3, 0.4) is 0 Å². The highest BCUT2D eigenvalue weighted by atomic mass is 35.5. The number of benzene rings is 2. The van der Waals surface area contributed by atoms with Crippen LogP contribution >= 0.6 is 11.6 Å². The zero-order chi connectivity index (χ0) is 20.4. The van der Waals surface area contributed by atoms with Crippen LogP contribution in [-0.4, -0.2) is 26.6 Å². The van der Waals surface area contributed by atoms with Crippen LogP contribution in [0.5, 0.6) is 0 Å². The molecule has 0 heterocycles. The lowest BCUT2D eigenvalue weighted by atomic mass is 10.1. The van der Waals surface area contributed by atoms with Crippen LogP contribution in [0.4, 0.5) is 11.4 Å². The highest BCUT2D eigenvalue weighted by Crippen LogP contribution is 2.28. The van der Waals surface area contributed by atoms with Gasteiger partial charge in [0.2, 0.25) is 15.9 Å². The lowest BCUT2D eigenvalue weighted by Crippen LogP contribution is -2.47. The van der Waals surface area contributed by atoms with Gasteiger partial charge < -0.3 is 5.32 Å². The summed E-state index contributed by atoms with van der Waals surface area (Å²) in [7, 11) is -3.67. The van der Waals surface area contributed by atoms with E-state index >= 15 is 0 Å². The molecule has 0 fully saturated rings. The van der Waals surface area contributed by atoms with Gasteiger partial charge in [-0.05, 0) is 68.1 Å². The summed E-state index contributed by atoms with van der Waals surface area (Å²) < 4.78 is 26.4. The van der Waals surface area contributed by atoms with Crippen molar-refractivity contribution in [3.8, 4) is 0 Å². The largest absolute Gasteiger partial charge is 0.324 e. The molecule has 0 aromatic heterocycles. The number of nitrogens with zero attached hydrogens (tertiary/aromatic N) is 1. The average molecular weight is 409 g/mol. The van der Waals surface area contributed by atoms with E-state index in [9.17, 15) is 13.2 Å². The normalized spacial score (nSPS) is 12.5. The molecule has 2 rings (SSSR count). The number of nitrogens with one attached hydrogen (secondary N) is 1. The van der Waals surface area contributed by atoms with E-state index in [1.165, 1.54) is 4.31 Å². The molecule has 5 nitrogen and oxygen atoms in total. The summed E-state index contributed by atoms with van der Waals surface area (Å²) in [5.41, 5.74) is 3.65. The highest BCUT2D eigenvalue weighted by molar-refractivity contribution is 7.92. The molecule has 1 atom stereocenters. The molecule has 27 heavy (non-hydrogen) atoms. The van der Waals surface area contributed by atoms with Crippen LogP contribution in [0.25, 0.3) is 0 Å². The third kappa shape index (κ3) is 5.02. The monoisotopic (exact) mass is 408 g/mol. The van der Waals surface area contributed by atoms with Crippen molar-refractivity contribution in [1.82, 2.24) is 0 Å². The number of rotatable bonds is 6. The number of amides is 1. The fourth-order valence-corrected chi connectivity index (χ4v) is 4.46. The average Bonchev–Trinajstić information content (AvgIpc) is 2.56. The van der Waals surface area contributed by atoms with Crippen molar-refractivity contribution in [2.24, 2.45) is 0 Å². The van der Waals surface area contributed by atoms with E-state index < -0.39 is 16.1 Å². The molecule has 0 saturated carbocycles. The Morgan fingerprint density at radius 2 is 1.78 bits per heavy atom. The number of hydrogen-bond acceptors (Lipinski definition) is 3. The SMILES string of the molecule is CCC(C(=O)Nc1ccc(Cl)cc1C)N(c1cc(C)ccc1C)S(C)(=O)=O. The Morgan fingerprint density at radius 1 is 1.11 bits per heavy atom. The van der Waals surface area contributed by atoms with Crippen LogP contribution in [0.15, 0.2) is 36.4 Å². The Labute approximate surface area is 166 Å². The zero-order valence-electron chi connectivity index (χ0n) is 16.2. The maximum atomic E-state index is 13.0. The van der Waals surface area contributed by atoms with Crippen LogP contribution in [0.2, 0.25) is 5.02 Å². The van der Waals surface area contributed by atoms with Gasteiger partial charge in [-0.1, -0.05) is 30.7 Å². The lowest BCUT2D eigenvalue weighted by Gasteiger charge is -2.31. The lowest BCUT2D eigenvalue weighted by molar-refractivity contribution is -0.117. The van der Waals surface area contributed by atoms with Gasteiger partial charge >= 0.3 is 0 Å². The Hall–Kier alpha value is -2.05. The third-order valence-corrected chi connectivity index (χ3v) is 5.78. The molecule has 7 heteroatoms. The third-order valence-electron chi connectivity index (χ3n) is 4.38.